The van der Waals surface area contributed by atoms with Crippen molar-refractivity contribution >= 4 is 22.0 Å². The minimum absolute atomic E-state index is 0.00413. The maximum absolute atomic E-state index is 12.6. The van der Waals surface area contributed by atoms with Gasteiger partial charge in [0.2, 0.25) is 0 Å². The van der Waals surface area contributed by atoms with Crippen LogP contribution >= 0.6 is 15.9 Å². The van der Waals surface area contributed by atoms with E-state index >= 15 is 0 Å². The summed E-state index contributed by atoms with van der Waals surface area (Å²) in [5.41, 5.74) is 0.362. The molecule has 0 bridgehead atoms. The third kappa shape index (κ3) is 5.49. The fourth-order valence-corrected chi connectivity index (χ4v) is 3.66. The van der Waals surface area contributed by atoms with E-state index in [0.717, 1.165) is 35.7 Å². The van der Waals surface area contributed by atoms with Crippen LogP contribution < -0.4 is 0 Å². The number of benzene rings is 1. The fourth-order valence-electron chi connectivity index (χ4n) is 3.11. The molecule has 2 atom stereocenters. The first-order valence-corrected chi connectivity index (χ1v) is 9.49. The summed E-state index contributed by atoms with van der Waals surface area (Å²) in [6.07, 6.45) is 3.74. The molecule has 1 amide bonds. The molecule has 1 aliphatic rings. The standard InChI is InChI=1S/C19H28BrNO3/c1-19(2,3)24-18(23)21-12-8-4-5-9-14(21)13-17(22)15-10-6-7-11-16(15)20/h6-7,10-11,14,17,22H,4-5,8-9,12-13H2,1-3H3. The minimum Gasteiger partial charge on any atom is -0.444 e. The van der Waals surface area contributed by atoms with Gasteiger partial charge in [0.25, 0.3) is 0 Å². The van der Waals surface area contributed by atoms with Crippen molar-refractivity contribution in [2.45, 2.75) is 70.6 Å². The molecule has 1 heterocycles. The zero-order valence-electron chi connectivity index (χ0n) is 14.8. The van der Waals surface area contributed by atoms with E-state index in [0.29, 0.717) is 13.0 Å². The molecule has 24 heavy (non-hydrogen) atoms. The Morgan fingerprint density at radius 2 is 2.04 bits per heavy atom. The highest BCUT2D eigenvalue weighted by atomic mass is 79.9. The second kappa shape index (κ2) is 8.34. The van der Waals surface area contributed by atoms with Crippen molar-refractivity contribution in [3.63, 3.8) is 0 Å². The number of aliphatic hydroxyl groups is 1. The monoisotopic (exact) mass is 397 g/mol. The van der Waals surface area contributed by atoms with Crippen molar-refractivity contribution in [2.75, 3.05) is 6.54 Å². The first-order valence-electron chi connectivity index (χ1n) is 8.70. The second-order valence-corrected chi connectivity index (χ2v) is 8.30. The zero-order chi connectivity index (χ0) is 17.7. The number of aliphatic hydroxyl groups excluding tert-OH is 1. The van der Waals surface area contributed by atoms with Crippen LogP contribution in [0.4, 0.5) is 4.79 Å². The van der Waals surface area contributed by atoms with Gasteiger partial charge in [-0.25, -0.2) is 4.79 Å². The van der Waals surface area contributed by atoms with Crippen molar-refractivity contribution in [3.8, 4) is 0 Å². The molecule has 1 N–H and O–H groups in total. The van der Waals surface area contributed by atoms with E-state index in [9.17, 15) is 9.90 Å². The van der Waals surface area contributed by atoms with Crippen LogP contribution in [0.2, 0.25) is 0 Å². The number of ether oxygens (including phenoxy) is 1. The third-order valence-electron chi connectivity index (χ3n) is 4.26. The quantitative estimate of drug-likeness (QED) is 0.775. The summed E-state index contributed by atoms with van der Waals surface area (Å²) in [4.78, 5) is 14.4. The van der Waals surface area contributed by atoms with E-state index < -0.39 is 11.7 Å². The van der Waals surface area contributed by atoms with E-state index in [1.54, 1.807) is 0 Å². The summed E-state index contributed by atoms with van der Waals surface area (Å²) in [5.74, 6) is 0. The number of halogens is 1. The van der Waals surface area contributed by atoms with Crippen LogP contribution in [-0.2, 0) is 4.74 Å². The van der Waals surface area contributed by atoms with E-state index in [1.807, 2.05) is 49.9 Å². The average molecular weight is 398 g/mol. The third-order valence-corrected chi connectivity index (χ3v) is 4.99. The van der Waals surface area contributed by atoms with Crippen molar-refractivity contribution in [2.24, 2.45) is 0 Å². The van der Waals surface area contributed by atoms with Gasteiger partial charge in [0.15, 0.2) is 0 Å². The smallest absolute Gasteiger partial charge is 0.410 e. The van der Waals surface area contributed by atoms with Crippen LogP contribution in [0.15, 0.2) is 28.7 Å². The summed E-state index contributed by atoms with van der Waals surface area (Å²) in [7, 11) is 0. The van der Waals surface area contributed by atoms with Gasteiger partial charge in [-0.1, -0.05) is 47.0 Å². The van der Waals surface area contributed by atoms with Crippen molar-refractivity contribution in [3.05, 3.63) is 34.3 Å². The van der Waals surface area contributed by atoms with E-state index in [1.165, 1.54) is 0 Å². The number of carbonyl (C=O) groups excluding carboxylic acids is 1. The molecule has 0 saturated carbocycles. The van der Waals surface area contributed by atoms with E-state index in [4.69, 9.17) is 4.74 Å². The molecule has 4 nitrogen and oxygen atoms in total. The van der Waals surface area contributed by atoms with Crippen molar-refractivity contribution in [1.82, 2.24) is 4.90 Å². The molecular formula is C19H28BrNO3. The maximum Gasteiger partial charge on any atom is 0.410 e. The van der Waals surface area contributed by atoms with Crippen LogP contribution in [0.3, 0.4) is 0 Å². The summed E-state index contributed by atoms with van der Waals surface area (Å²) in [5, 5.41) is 10.7. The van der Waals surface area contributed by atoms with Gasteiger partial charge >= 0.3 is 6.09 Å². The molecule has 134 valence electrons. The van der Waals surface area contributed by atoms with Gasteiger partial charge in [-0.15, -0.1) is 0 Å². The minimum atomic E-state index is -0.603. The van der Waals surface area contributed by atoms with Gasteiger partial charge in [0.1, 0.15) is 5.60 Å². The molecule has 0 spiro atoms. The summed E-state index contributed by atoms with van der Waals surface area (Å²) >= 11 is 3.50. The molecule has 1 fully saturated rings. The molecule has 5 heteroatoms. The van der Waals surface area contributed by atoms with Crippen molar-refractivity contribution < 1.29 is 14.6 Å². The number of rotatable bonds is 3. The number of likely N-dealkylation sites (tertiary alicyclic amines) is 1. The zero-order valence-corrected chi connectivity index (χ0v) is 16.4. The van der Waals surface area contributed by atoms with E-state index in [2.05, 4.69) is 15.9 Å². The van der Waals surface area contributed by atoms with Gasteiger partial charge in [0.05, 0.1) is 6.10 Å². The predicted octanol–water partition coefficient (Wildman–Crippen LogP) is 5.05. The Morgan fingerprint density at radius 3 is 2.71 bits per heavy atom. The van der Waals surface area contributed by atoms with Gasteiger partial charge in [-0.05, 0) is 51.7 Å². The Bertz CT molecular complexity index is 556. The largest absolute Gasteiger partial charge is 0.444 e. The molecule has 2 rings (SSSR count). The van der Waals surface area contributed by atoms with Crippen LogP contribution in [-0.4, -0.2) is 34.3 Å². The number of hydrogen-bond donors (Lipinski definition) is 1. The number of carbonyl (C=O) groups is 1. The van der Waals surface area contributed by atoms with Crippen LogP contribution in [0.1, 0.15) is 64.5 Å². The summed E-state index contributed by atoms with van der Waals surface area (Å²) in [6, 6.07) is 7.70. The van der Waals surface area contributed by atoms with Gasteiger partial charge in [-0.2, -0.15) is 0 Å². The highest BCUT2D eigenvalue weighted by Crippen LogP contribution is 2.31. The normalized spacial score (nSPS) is 20.4. The topological polar surface area (TPSA) is 49.8 Å². The summed E-state index contributed by atoms with van der Waals surface area (Å²) < 4.78 is 6.47. The highest BCUT2D eigenvalue weighted by molar-refractivity contribution is 9.10. The molecule has 1 aromatic carbocycles. The van der Waals surface area contributed by atoms with Crippen LogP contribution in [0, 0.1) is 0 Å². The Labute approximate surface area is 153 Å². The lowest BCUT2D eigenvalue weighted by atomic mass is 9.98. The summed E-state index contributed by atoms with van der Waals surface area (Å²) in [6.45, 7) is 6.34. The molecule has 0 aromatic heterocycles. The van der Waals surface area contributed by atoms with Crippen LogP contribution in [0.5, 0.6) is 0 Å². The Kier molecular flexibility index (Phi) is 6.70. The fraction of sp³-hybridized carbons (Fsp3) is 0.632. The lowest BCUT2D eigenvalue weighted by Gasteiger charge is -2.33. The predicted molar refractivity (Wildman–Crippen MR) is 98.9 cm³/mol. The lowest BCUT2D eigenvalue weighted by Crippen LogP contribution is -2.43. The Balaban J connectivity index is 2.11. The average Bonchev–Trinajstić information content (AvgIpc) is 2.71. The molecule has 1 aromatic rings. The van der Waals surface area contributed by atoms with Gasteiger partial charge < -0.3 is 14.7 Å². The molecule has 1 saturated heterocycles. The van der Waals surface area contributed by atoms with Gasteiger partial charge in [0, 0.05) is 17.1 Å². The molecule has 0 radical (unpaired) electrons. The van der Waals surface area contributed by atoms with Crippen LogP contribution in [0.25, 0.3) is 0 Å². The highest BCUT2D eigenvalue weighted by Gasteiger charge is 2.31. The van der Waals surface area contributed by atoms with E-state index in [-0.39, 0.29) is 12.1 Å². The number of hydrogen-bond acceptors (Lipinski definition) is 3. The number of amides is 1. The first kappa shape index (κ1) is 19.3. The maximum atomic E-state index is 12.6. The molecular weight excluding hydrogens is 370 g/mol. The Morgan fingerprint density at radius 1 is 1.33 bits per heavy atom. The lowest BCUT2D eigenvalue weighted by molar-refractivity contribution is 0.0104. The number of nitrogens with zero attached hydrogens (tertiary/aromatic N) is 1. The second-order valence-electron chi connectivity index (χ2n) is 7.45. The SMILES string of the molecule is CC(C)(C)OC(=O)N1CCCCCC1CC(O)c1ccccc1Br. The Hall–Kier alpha value is -1.07. The molecule has 2 unspecified atom stereocenters. The van der Waals surface area contributed by atoms with Crippen molar-refractivity contribution in [1.29, 1.82) is 0 Å². The van der Waals surface area contributed by atoms with Gasteiger partial charge in [-0.3, -0.25) is 0 Å². The first-order chi connectivity index (χ1) is 11.3. The molecule has 0 aliphatic carbocycles. The molecule has 1 aliphatic heterocycles.